The van der Waals surface area contributed by atoms with Crippen molar-refractivity contribution in [3.8, 4) is 0 Å². The zero-order valence-electron chi connectivity index (χ0n) is 7.89. The molecule has 0 aliphatic carbocycles. The molecule has 15 heavy (non-hydrogen) atoms. The van der Waals surface area contributed by atoms with E-state index in [4.69, 9.17) is 11.6 Å². The quantitative estimate of drug-likeness (QED) is 0.828. The summed E-state index contributed by atoms with van der Waals surface area (Å²) in [4.78, 5) is 11.6. The molecule has 3 nitrogen and oxygen atoms in total. The maximum absolute atomic E-state index is 11.6. The lowest BCUT2D eigenvalue weighted by Crippen LogP contribution is -2.47. The summed E-state index contributed by atoms with van der Waals surface area (Å²) >= 11 is 9.41. The lowest BCUT2D eigenvalue weighted by atomic mass is 10.0. The second-order valence-electron chi connectivity index (χ2n) is 3.34. The number of nitrogens with one attached hydrogen (secondary N) is 2. The van der Waals surface area contributed by atoms with Gasteiger partial charge in [-0.15, -0.1) is 0 Å². The van der Waals surface area contributed by atoms with E-state index in [9.17, 15) is 4.79 Å². The first kappa shape index (κ1) is 10.9. The average molecular weight is 290 g/mol. The SMILES string of the molecule is O=C1NCCNC1c1ccc(Br)cc1Cl. The van der Waals surface area contributed by atoms with E-state index in [-0.39, 0.29) is 11.9 Å². The Morgan fingerprint density at radius 1 is 1.40 bits per heavy atom. The number of carbonyl (C=O) groups is 1. The van der Waals surface area contributed by atoms with Crippen molar-refractivity contribution in [2.45, 2.75) is 6.04 Å². The Kier molecular flexibility index (Phi) is 3.29. The number of rotatable bonds is 1. The van der Waals surface area contributed by atoms with Crippen molar-refractivity contribution >= 4 is 33.4 Å². The molecule has 1 aromatic carbocycles. The van der Waals surface area contributed by atoms with E-state index in [2.05, 4.69) is 26.6 Å². The molecular weight excluding hydrogens is 279 g/mol. The van der Waals surface area contributed by atoms with Crippen molar-refractivity contribution < 1.29 is 4.79 Å². The van der Waals surface area contributed by atoms with E-state index in [0.29, 0.717) is 11.6 Å². The number of amides is 1. The Bertz CT molecular complexity index is 397. The van der Waals surface area contributed by atoms with Crippen LogP contribution in [0, 0.1) is 0 Å². The van der Waals surface area contributed by atoms with Crippen molar-refractivity contribution in [3.63, 3.8) is 0 Å². The van der Waals surface area contributed by atoms with Gasteiger partial charge in [0.25, 0.3) is 0 Å². The van der Waals surface area contributed by atoms with E-state index in [1.807, 2.05) is 12.1 Å². The summed E-state index contributed by atoms with van der Waals surface area (Å²) in [5.41, 5.74) is 0.817. The molecule has 0 bridgehead atoms. The number of hydrogen-bond donors (Lipinski definition) is 2. The highest BCUT2D eigenvalue weighted by Gasteiger charge is 2.24. The van der Waals surface area contributed by atoms with Crippen molar-refractivity contribution in [2.75, 3.05) is 13.1 Å². The molecule has 1 aromatic rings. The predicted octanol–water partition coefficient (Wildman–Crippen LogP) is 1.86. The van der Waals surface area contributed by atoms with Crippen LogP contribution in [-0.2, 0) is 4.79 Å². The molecule has 1 atom stereocenters. The Labute approximate surface area is 101 Å². The number of piperazine rings is 1. The van der Waals surface area contributed by atoms with Crippen molar-refractivity contribution in [2.24, 2.45) is 0 Å². The molecule has 1 aliphatic rings. The first-order chi connectivity index (χ1) is 7.18. The maximum Gasteiger partial charge on any atom is 0.241 e. The van der Waals surface area contributed by atoms with Gasteiger partial charge in [-0.25, -0.2) is 0 Å². The summed E-state index contributed by atoms with van der Waals surface area (Å²) in [7, 11) is 0. The predicted molar refractivity (Wildman–Crippen MR) is 62.9 cm³/mol. The first-order valence-electron chi connectivity index (χ1n) is 4.64. The van der Waals surface area contributed by atoms with Crippen LogP contribution < -0.4 is 10.6 Å². The Balaban J connectivity index is 2.31. The minimum Gasteiger partial charge on any atom is -0.353 e. The van der Waals surface area contributed by atoms with Crippen LogP contribution >= 0.6 is 27.5 Å². The Hall–Kier alpha value is -0.580. The van der Waals surface area contributed by atoms with Crippen LogP contribution in [0.5, 0.6) is 0 Å². The van der Waals surface area contributed by atoms with E-state index < -0.39 is 0 Å². The monoisotopic (exact) mass is 288 g/mol. The fraction of sp³-hybridized carbons (Fsp3) is 0.300. The van der Waals surface area contributed by atoms with E-state index >= 15 is 0 Å². The highest BCUT2D eigenvalue weighted by atomic mass is 79.9. The zero-order chi connectivity index (χ0) is 10.8. The molecular formula is C10H10BrClN2O. The van der Waals surface area contributed by atoms with Gasteiger partial charge >= 0.3 is 0 Å². The summed E-state index contributed by atoms with van der Waals surface area (Å²) in [6, 6.07) is 5.19. The summed E-state index contributed by atoms with van der Waals surface area (Å²) in [6.07, 6.45) is 0. The Morgan fingerprint density at radius 3 is 2.87 bits per heavy atom. The van der Waals surface area contributed by atoms with E-state index in [0.717, 1.165) is 16.6 Å². The molecule has 1 amide bonds. The second-order valence-corrected chi connectivity index (χ2v) is 4.67. The van der Waals surface area contributed by atoms with Gasteiger partial charge in [0, 0.05) is 22.6 Å². The topological polar surface area (TPSA) is 41.1 Å². The van der Waals surface area contributed by atoms with E-state index in [1.54, 1.807) is 6.07 Å². The maximum atomic E-state index is 11.6. The molecule has 0 spiro atoms. The zero-order valence-corrected chi connectivity index (χ0v) is 10.2. The van der Waals surface area contributed by atoms with Gasteiger partial charge in [-0.05, 0) is 17.7 Å². The van der Waals surface area contributed by atoms with Gasteiger partial charge in [-0.2, -0.15) is 0 Å². The molecule has 0 saturated carbocycles. The third kappa shape index (κ3) is 2.33. The molecule has 0 aromatic heterocycles. The first-order valence-corrected chi connectivity index (χ1v) is 5.81. The Morgan fingerprint density at radius 2 is 2.20 bits per heavy atom. The molecule has 1 unspecified atom stereocenters. The minimum atomic E-state index is -0.334. The average Bonchev–Trinajstić information content (AvgIpc) is 2.20. The van der Waals surface area contributed by atoms with Gasteiger partial charge in [0.1, 0.15) is 6.04 Å². The summed E-state index contributed by atoms with van der Waals surface area (Å²) in [6.45, 7) is 1.44. The van der Waals surface area contributed by atoms with Gasteiger partial charge in [0.05, 0.1) is 0 Å². The smallest absolute Gasteiger partial charge is 0.241 e. The van der Waals surface area contributed by atoms with Crippen LogP contribution in [0.2, 0.25) is 5.02 Å². The molecule has 2 rings (SSSR count). The third-order valence-electron chi connectivity index (χ3n) is 2.31. The van der Waals surface area contributed by atoms with Crippen molar-refractivity contribution in [1.82, 2.24) is 10.6 Å². The summed E-state index contributed by atoms with van der Waals surface area (Å²) < 4.78 is 0.910. The van der Waals surface area contributed by atoms with Crippen LogP contribution in [0.1, 0.15) is 11.6 Å². The standard InChI is InChI=1S/C10H10BrClN2O/c11-6-1-2-7(8(12)5-6)9-10(15)14-4-3-13-9/h1-2,5,9,13H,3-4H2,(H,14,15). The number of hydrogen-bond acceptors (Lipinski definition) is 2. The fourth-order valence-corrected chi connectivity index (χ4v) is 2.37. The molecule has 0 radical (unpaired) electrons. The molecule has 5 heteroatoms. The fourth-order valence-electron chi connectivity index (χ4n) is 1.58. The third-order valence-corrected chi connectivity index (χ3v) is 3.13. The summed E-state index contributed by atoms with van der Waals surface area (Å²) in [5.74, 6) is -0.0227. The number of benzene rings is 1. The van der Waals surface area contributed by atoms with Crippen LogP contribution in [0.4, 0.5) is 0 Å². The highest BCUT2D eigenvalue weighted by molar-refractivity contribution is 9.10. The molecule has 80 valence electrons. The van der Waals surface area contributed by atoms with Crippen LogP contribution in [0.3, 0.4) is 0 Å². The molecule has 1 saturated heterocycles. The summed E-state index contributed by atoms with van der Waals surface area (Å²) in [5, 5.41) is 6.53. The van der Waals surface area contributed by atoms with Crippen LogP contribution in [0.25, 0.3) is 0 Å². The molecule has 2 N–H and O–H groups in total. The largest absolute Gasteiger partial charge is 0.353 e. The molecule has 1 heterocycles. The normalized spacial score (nSPS) is 21.2. The number of halogens is 2. The van der Waals surface area contributed by atoms with E-state index in [1.165, 1.54) is 0 Å². The van der Waals surface area contributed by atoms with Gasteiger partial charge in [0.2, 0.25) is 5.91 Å². The van der Waals surface area contributed by atoms with Crippen LogP contribution in [0.15, 0.2) is 22.7 Å². The lowest BCUT2D eigenvalue weighted by Gasteiger charge is -2.24. The number of carbonyl (C=O) groups excluding carboxylic acids is 1. The van der Waals surface area contributed by atoms with Crippen molar-refractivity contribution in [1.29, 1.82) is 0 Å². The van der Waals surface area contributed by atoms with Gasteiger partial charge < -0.3 is 10.6 Å². The van der Waals surface area contributed by atoms with Crippen molar-refractivity contribution in [3.05, 3.63) is 33.3 Å². The van der Waals surface area contributed by atoms with Crippen LogP contribution in [-0.4, -0.2) is 19.0 Å². The van der Waals surface area contributed by atoms with Gasteiger partial charge in [-0.1, -0.05) is 33.6 Å². The lowest BCUT2D eigenvalue weighted by molar-refractivity contribution is -0.124. The molecule has 1 fully saturated rings. The molecule has 1 aliphatic heterocycles. The minimum absolute atomic E-state index is 0.0227. The second kappa shape index (κ2) is 4.51. The van der Waals surface area contributed by atoms with Gasteiger partial charge in [0.15, 0.2) is 0 Å². The van der Waals surface area contributed by atoms with Gasteiger partial charge in [-0.3, -0.25) is 4.79 Å². The highest BCUT2D eigenvalue weighted by Crippen LogP contribution is 2.27.